The number of benzene rings is 1. The van der Waals surface area contributed by atoms with Gasteiger partial charge in [0.1, 0.15) is 0 Å². The number of carbonyl (C=O) groups excluding carboxylic acids is 3. The lowest BCUT2D eigenvalue weighted by Gasteiger charge is -2.10. The van der Waals surface area contributed by atoms with E-state index in [1.807, 2.05) is 39.0 Å². The lowest BCUT2D eigenvalue weighted by atomic mass is 10.1. The summed E-state index contributed by atoms with van der Waals surface area (Å²) in [6, 6.07) is 9.22. The van der Waals surface area contributed by atoms with Crippen LogP contribution in [0.25, 0.3) is 0 Å². The van der Waals surface area contributed by atoms with E-state index in [9.17, 15) is 14.4 Å². The van der Waals surface area contributed by atoms with Gasteiger partial charge in [-0.25, -0.2) is 0 Å². The molecule has 1 aromatic heterocycles. The molecule has 1 heterocycles. The van der Waals surface area contributed by atoms with Crippen LogP contribution in [0.4, 0.5) is 5.69 Å². The smallest absolute Gasteiger partial charge is 0.306 e. The van der Waals surface area contributed by atoms with Gasteiger partial charge in [0.05, 0.1) is 11.3 Å². The van der Waals surface area contributed by atoms with Crippen LogP contribution in [-0.4, -0.2) is 24.3 Å². The molecule has 0 bridgehead atoms. The summed E-state index contributed by atoms with van der Waals surface area (Å²) in [6.45, 7) is 5.43. The molecular formula is C19H21NO4S. The zero-order valence-electron chi connectivity index (χ0n) is 14.5. The first-order valence-electron chi connectivity index (χ1n) is 7.98. The maximum atomic E-state index is 11.9. The fourth-order valence-electron chi connectivity index (χ4n) is 2.21. The van der Waals surface area contributed by atoms with Crippen molar-refractivity contribution in [3.8, 4) is 0 Å². The molecule has 2 rings (SSSR count). The van der Waals surface area contributed by atoms with E-state index >= 15 is 0 Å². The van der Waals surface area contributed by atoms with Crippen molar-refractivity contribution >= 4 is 34.7 Å². The first kappa shape index (κ1) is 18.9. The van der Waals surface area contributed by atoms with Gasteiger partial charge in [-0.1, -0.05) is 12.1 Å². The van der Waals surface area contributed by atoms with Crippen molar-refractivity contribution in [1.29, 1.82) is 0 Å². The van der Waals surface area contributed by atoms with E-state index in [0.29, 0.717) is 10.6 Å². The Morgan fingerprint density at radius 2 is 1.80 bits per heavy atom. The number of carbonyl (C=O) groups is 3. The van der Waals surface area contributed by atoms with Crippen LogP contribution in [0, 0.1) is 20.8 Å². The van der Waals surface area contributed by atoms with Gasteiger partial charge in [0.15, 0.2) is 12.4 Å². The summed E-state index contributed by atoms with van der Waals surface area (Å²) in [5.41, 5.74) is 2.74. The Balaban J connectivity index is 1.75. The maximum Gasteiger partial charge on any atom is 0.306 e. The average Bonchev–Trinajstić information content (AvgIpc) is 3.01. The monoisotopic (exact) mass is 359 g/mol. The van der Waals surface area contributed by atoms with Crippen LogP contribution < -0.4 is 5.32 Å². The van der Waals surface area contributed by atoms with Crippen molar-refractivity contribution in [2.45, 2.75) is 33.6 Å². The highest BCUT2D eigenvalue weighted by Crippen LogP contribution is 2.18. The number of esters is 1. The van der Waals surface area contributed by atoms with Crippen LogP contribution in [0.2, 0.25) is 0 Å². The predicted octanol–water partition coefficient (Wildman–Crippen LogP) is 3.82. The topological polar surface area (TPSA) is 72.5 Å². The van der Waals surface area contributed by atoms with Crippen molar-refractivity contribution in [2.24, 2.45) is 0 Å². The lowest BCUT2D eigenvalue weighted by molar-refractivity contribution is -0.147. The molecular weight excluding hydrogens is 338 g/mol. The van der Waals surface area contributed by atoms with E-state index in [4.69, 9.17) is 4.74 Å². The molecule has 0 fully saturated rings. The molecule has 0 saturated carbocycles. The van der Waals surface area contributed by atoms with Crippen LogP contribution in [0.1, 0.15) is 38.5 Å². The Morgan fingerprint density at radius 1 is 1.04 bits per heavy atom. The maximum absolute atomic E-state index is 11.9. The minimum absolute atomic E-state index is 0.0352. The molecule has 6 heteroatoms. The Morgan fingerprint density at radius 3 is 2.48 bits per heavy atom. The molecule has 2 aromatic rings. The molecule has 0 atom stereocenters. The summed E-state index contributed by atoms with van der Waals surface area (Å²) in [4.78, 5) is 37.2. The number of ether oxygens (including phenoxy) is 1. The van der Waals surface area contributed by atoms with Crippen LogP contribution in [0.15, 0.2) is 30.3 Å². The summed E-state index contributed by atoms with van der Waals surface area (Å²) in [5.74, 6) is -1.05. The number of rotatable bonds is 7. The second-order valence-corrected chi connectivity index (χ2v) is 7.08. The fraction of sp³-hybridized carbons (Fsp3) is 0.316. The molecule has 132 valence electrons. The summed E-state index contributed by atoms with van der Waals surface area (Å²) in [6.07, 6.45) is 0.0456. The third kappa shape index (κ3) is 5.53. The Kier molecular flexibility index (Phi) is 6.47. The van der Waals surface area contributed by atoms with Crippen molar-refractivity contribution < 1.29 is 19.1 Å². The number of hydrogen-bond donors (Lipinski definition) is 1. The summed E-state index contributed by atoms with van der Waals surface area (Å²) >= 11 is 1.40. The third-order valence-electron chi connectivity index (χ3n) is 3.81. The number of aryl methyl sites for hydroxylation is 2. The highest BCUT2D eigenvalue weighted by Gasteiger charge is 2.13. The van der Waals surface area contributed by atoms with Gasteiger partial charge in [0.2, 0.25) is 0 Å². The Labute approximate surface area is 151 Å². The van der Waals surface area contributed by atoms with E-state index in [-0.39, 0.29) is 25.2 Å². The van der Waals surface area contributed by atoms with Gasteiger partial charge in [-0.3, -0.25) is 14.4 Å². The minimum Gasteiger partial charge on any atom is -0.456 e. The molecule has 1 amide bonds. The molecule has 0 saturated heterocycles. The standard InChI is InChI=1S/C19H21NO4S/c1-12-5-4-6-15(14(12)3)20-18(22)11-24-19(23)10-8-16(21)17-9-7-13(2)25-17/h4-7,9H,8,10-11H2,1-3H3,(H,20,22). The SMILES string of the molecule is Cc1ccc(C(=O)CCC(=O)OCC(=O)Nc2cccc(C)c2C)s1. The number of thiophene rings is 1. The third-order valence-corrected chi connectivity index (χ3v) is 4.86. The van der Waals surface area contributed by atoms with Crippen molar-refractivity contribution in [2.75, 3.05) is 11.9 Å². The molecule has 0 radical (unpaired) electrons. The molecule has 0 unspecified atom stereocenters. The number of Topliss-reactive ketones (excluding diaryl/α,β-unsaturated/α-hetero) is 1. The molecule has 1 N–H and O–H groups in total. The van der Waals surface area contributed by atoms with Gasteiger partial charge in [0.25, 0.3) is 5.91 Å². The van der Waals surface area contributed by atoms with Crippen LogP contribution in [-0.2, 0) is 14.3 Å². The first-order valence-corrected chi connectivity index (χ1v) is 8.80. The molecule has 25 heavy (non-hydrogen) atoms. The molecule has 0 aliphatic heterocycles. The highest BCUT2D eigenvalue weighted by atomic mass is 32.1. The fourth-order valence-corrected chi connectivity index (χ4v) is 3.05. The Hall–Kier alpha value is -2.47. The average molecular weight is 359 g/mol. The van der Waals surface area contributed by atoms with Crippen molar-refractivity contribution in [3.63, 3.8) is 0 Å². The van der Waals surface area contributed by atoms with Crippen molar-refractivity contribution in [1.82, 2.24) is 0 Å². The normalized spacial score (nSPS) is 10.4. The zero-order chi connectivity index (χ0) is 18.4. The largest absolute Gasteiger partial charge is 0.456 e. The summed E-state index contributed by atoms with van der Waals surface area (Å²) in [5, 5.41) is 2.72. The molecule has 0 aliphatic carbocycles. The number of hydrogen-bond acceptors (Lipinski definition) is 5. The number of ketones is 1. The van der Waals surface area contributed by atoms with Gasteiger partial charge in [0, 0.05) is 17.0 Å². The summed E-state index contributed by atoms with van der Waals surface area (Å²) < 4.78 is 4.94. The van der Waals surface area contributed by atoms with Gasteiger partial charge >= 0.3 is 5.97 Å². The quantitative estimate of drug-likeness (QED) is 0.602. The van der Waals surface area contributed by atoms with Gasteiger partial charge < -0.3 is 10.1 Å². The van der Waals surface area contributed by atoms with Crippen LogP contribution in [0.3, 0.4) is 0 Å². The van der Waals surface area contributed by atoms with E-state index < -0.39 is 11.9 Å². The molecule has 5 nitrogen and oxygen atoms in total. The Bertz CT molecular complexity index is 794. The van der Waals surface area contributed by atoms with E-state index in [0.717, 1.165) is 16.0 Å². The van der Waals surface area contributed by atoms with Gasteiger partial charge in [-0.2, -0.15) is 0 Å². The second kappa shape index (κ2) is 8.58. The van der Waals surface area contributed by atoms with Gasteiger partial charge in [-0.15, -0.1) is 11.3 Å². The number of amides is 1. The van der Waals surface area contributed by atoms with Crippen LogP contribution in [0.5, 0.6) is 0 Å². The first-order chi connectivity index (χ1) is 11.9. The number of anilines is 1. The number of nitrogens with one attached hydrogen (secondary N) is 1. The van der Waals surface area contributed by atoms with E-state index in [1.54, 1.807) is 12.1 Å². The highest BCUT2D eigenvalue weighted by molar-refractivity contribution is 7.14. The minimum atomic E-state index is -0.558. The predicted molar refractivity (Wildman–Crippen MR) is 98.1 cm³/mol. The molecule has 0 aliphatic rings. The lowest BCUT2D eigenvalue weighted by Crippen LogP contribution is -2.21. The molecule has 0 spiro atoms. The van der Waals surface area contributed by atoms with E-state index in [2.05, 4.69) is 5.32 Å². The molecule has 1 aromatic carbocycles. The summed E-state index contributed by atoms with van der Waals surface area (Å²) in [7, 11) is 0. The van der Waals surface area contributed by atoms with E-state index in [1.165, 1.54) is 11.3 Å². The van der Waals surface area contributed by atoms with Crippen LogP contribution >= 0.6 is 11.3 Å². The van der Waals surface area contributed by atoms with Gasteiger partial charge in [-0.05, 0) is 50.1 Å². The zero-order valence-corrected chi connectivity index (χ0v) is 15.4. The second-order valence-electron chi connectivity index (χ2n) is 5.79. The van der Waals surface area contributed by atoms with Crippen molar-refractivity contribution in [3.05, 3.63) is 51.2 Å².